The topological polar surface area (TPSA) is 108 Å². The minimum absolute atomic E-state index is 0.115. The molecule has 0 saturated heterocycles. The molecule has 1 heterocycles. The summed E-state index contributed by atoms with van der Waals surface area (Å²) in [6.45, 7) is 0. The highest BCUT2D eigenvalue weighted by molar-refractivity contribution is 5.40. The average molecular weight is 182 g/mol. The summed E-state index contributed by atoms with van der Waals surface area (Å²) in [6.07, 6.45) is -1.33. The van der Waals surface area contributed by atoms with Crippen molar-refractivity contribution in [3.8, 4) is 6.07 Å². The standard InChI is InChI=1S/C7H10N4O2/c1-11-3-4(7(9)10-11)6(13)5(12)2-8/h3,5-6,12-13H,1H3,(H2,9,10). The van der Waals surface area contributed by atoms with Gasteiger partial charge in [-0.25, -0.2) is 0 Å². The van der Waals surface area contributed by atoms with Gasteiger partial charge in [-0.3, -0.25) is 4.68 Å². The molecule has 13 heavy (non-hydrogen) atoms. The van der Waals surface area contributed by atoms with Gasteiger partial charge in [-0.1, -0.05) is 0 Å². The van der Waals surface area contributed by atoms with Crippen LogP contribution in [0.5, 0.6) is 0 Å². The van der Waals surface area contributed by atoms with Crippen molar-refractivity contribution < 1.29 is 10.2 Å². The molecule has 2 atom stereocenters. The van der Waals surface area contributed by atoms with Crippen LogP contribution >= 0.6 is 0 Å². The van der Waals surface area contributed by atoms with Gasteiger partial charge in [-0.2, -0.15) is 10.4 Å². The minimum atomic E-state index is -1.48. The molecule has 70 valence electrons. The summed E-state index contributed by atoms with van der Waals surface area (Å²) < 4.78 is 1.40. The molecule has 6 nitrogen and oxygen atoms in total. The van der Waals surface area contributed by atoms with Crippen molar-refractivity contribution in [3.63, 3.8) is 0 Å². The van der Waals surface area contributed by atoms with Gasteiger partial charge in [-0.15, -0.1) is 0 Å². The first-order chi connectivity index (χ1) is 6.06. The molecule has 4 N–H and O–H groups in total. The fourth-order valence-electron chi connectivity index (χ4n) is 0.993. The van der Waals surface area contributed by atoms with Gasteiger partial charge < -0.3 is 15.9 Å². The SMILES string of the molecule is Cn1cc(C(O)C(O)C#N)c(N)n1. The lowest BCUT2D eigenvalue weighted by atomic mass is 10.1. The van der Waals surface area contributed by atoms with Crippen LogP contribution in [0, 0.1) is 11.3 Å². The number of aliphatic hydroxyl groups excluding tert-OH is 2. The molecule has 1 aromatic rings. The highest BCUT2D eigenvalue weighted by Gasteiger charge is 2.21. The minimum Gasteiger partial charge on any atom is -0.384 e. The van der Waals surface area contributed by atoms with E-state index in [2.05, 4.69) is 5.10 Å². The van der Waals surface area contributed by atoms with E-state index in [1.165, 1.54) is 16.9 Å². The number of hydrogen-bond donors (Lipinski definition) is 3. The van der Waals surface area contributed by atoms with Crippen LogP contribution in [-0.2, 0) is 7.05 Å². The van der Waals surface area contributed by atoms with E-state index in [-0.39, 0.29) is 11.4 Å². The Morgan fingerprint density at radius 2 is 2.31 bits per heavy atom. The molecule has 0 spiro atoms. The van der Waals surface area contributed by atoms with E-state index < -0.39 is 12.2 Å². The summed E-state index contributed by atoms with van der Waals surface area (Å²) in [4.78, 5) is 0. The summed E-state index contributed by atoms with van der Waals surface area (Å²) in [6, 6.07) is 1.51. The van der Waals surface area contributed by atoms with Crippen molar-refractivity contribution in [1.82, 2.24) is 9.78 Å². The van der Waals surface area contributed by atoms with Crippen molar-refractivity contribution >= 4 is 5.82 Å². The second-order valence-corrected chi connectivity index (χ2v) is 2.66. The van der Waals surface area contributed by atoms with E-state index in [4.69, 9.17) is 16.1 Å². The fourth-order valence-corrected chi connectivity index (χ4v) is 0.993. The number of aromatic nitrogens is 2. The van der Waals surface area contributed by atoms with Gasteiger partial charge >= 0.3 is 0 Å². The van der Waals surface area contributed by atoms with Crippen LogP contribution in [0.2, 0.25) is 0 Å². The summed E-state index contributed by atoms with van der Waals surface area (Å²) in [5, 5.41) is 30.5. The number of rotatable bonds is 2. The molecular weight excluding hydrogens is 172 g/mol. The van der Waals surface area contributed by atoms with Crippen LogP contribution < -0.4 is 5.73 Å². The molecule has 0 aromatic carbocycles. The van der Waals surface area contributed by atoms with Crippen LogP contribution in [-0.4, -0.2) is 26.1 Å². The summed E-state index contributed by atoms with van der Waals surface area (Å²) >= 11 is 0. The molecule has 2 unspecified atom stereocenters. The van der Waals surface area contributed by atoms with E-state index in [0.717, 1.165) is 0 Å². The predicted octanol–water partition coefficient (Wildman–Crippen LogP) is -1.08. The quantitative estimate of drug-likeness (QED) is 0.504. The molecule has 1 aromatic heterocycles. The van der Waals surface area contributed by atoms with Crippen LogP contribution in [0.4, 0.5) is 5.82 Å². The van der Waals surface area contributed by atoms with E-state index in [0.29, 0.717) is 0 Å². The Kier molecular flexibility index (Phi) is 2.51. The Hall–Kier alpha value is -1.58. The number of aryl methyl sites for hydroxylation is 1. The molecule has 0 aliphatic rings. The first-order valence-corrected chi connectivity index (χ1v) is 3.61. The zero-order valence-corrected chi connectivity index (χ0v) is 7.05. The lowest BCUT2D eigenvalue weighted by molar-refractivity contribution is 0.0532. The number of aliphatic hydroxyl groups is 2. The zero-order valence-electron chi connectivity index (χ0n) is 7.05. The van der Waals surface area contributed by atoms with Gasteiger partial charge in [0.25, 0.3) is 0 Å². The molecule has 0 fully saturated rings. The lowest BCUT2D eigenvalue weighted by Crippen LogP contribution is -2.16. The molecule has 0 aliphatic carbocycles. The molecule has 0 bridgehead atoms. The van der Waals surface area contributed by atoms with Crippen LogP contribution in [0.1, 0.15) is 11.7 Å². The number of anilines is 1. The third-order valence-corrected chi connectivity index (χ3v) is 1.64. The average Bonchev–Trinajstić information content (AvgIpc) is 2.42. The van der Waals surface area contributed by atoms with Crippen LogP contribution in [0.25, 0.3) is 0 Å². The van der Waals surface area contributed by atoms with Crippen LogP contribution in [0.3, 0.4) is 0 Å². The first-order valence-electron chi connectivity index (χ1n) is 3.61. The molecule has 6 heteroatoms. The van der Waals surface area contributed by atoms with E-state index in [9.17, 15) is 5.11 Å². The maximum atomic E-state index is 9.38. The largest absolute Gasteiger partial charge is 0.384 e. The number of nitriles is 1. The number of hydrogen-bond acceptors (Lipinski definition) is 5. The van der Waals surface area contributed by atoms with E-state index in [1.807, 2.05) is 0 Å². The van der Waals surface area contributed by atoms with Gasteiger partial charge in [0.2, 0.25) is 0 Å². The lowest BCUT2D eigenvalue weighted by Gasteiger charge is -2.09. The Bertz CT molecular complexity index is 341. The number of nitrogens with two attached hydrogens (primary N) is 1. The second kappa shape index (κ2) is 3.43. The maximum Gasteiger partial charge on any atom is 0.170 e. The maximum absolute atomic E-state index is 9.38. The van der Waals surface area contributed by atoms with Gasteiger partial charge in [0.15, 0.2) is 11.9 Å². The molecule has 0 radical (unpaired) electrons. The molecule has 0 aliphatic heterocycles. The number of nitrogen functional groups attached to an aromatic ring is 1. The Balaban J connectivity index is 2.95. The third kappa shape index (κ3) is 1.77. The fraction of sp³-hybridized carbons (Fsp3) is 0.429. The van der Waals surface area contributed by atoms with E-state index >= 15 is 0 Å². The molecule has 0 saturated carbocycles. The highest BCUT2D eigenvalue weighted by Crippen LogP contribution is 2.21. The van der Waals surface area contributed by atoms with Gasteiger partial charge in [0.1, 0.15) is 6.10 Å². The Labute approximate surface area is 74.8 Å². The zero-order chi connectivity index (χ0) is 10.0. The molecule has 0 amide bonds. The van der Waals surface area contributed by atoms with E-state index in [1.54, 1.807) is 7.05 Å². The van der Waals surface area contributed by atoms with Gasteiger partial charge in [-0.05, 0) is 0 Å². The summed E-state index contributed by atoms with van der Waals surface area (Å²) in [7, 11) is 1.63. The summed E-state index contributed by atoms with van der Waals surface area (Å²) in [5.41, 5.74) is 5.68. The first kappa shape index (κ1) is 9.51. The van der Waals surface area contributed by atoms with Crippen molar-refractivity contribution in [2.24, 2.45) is 7.05 Å². The highest BCUT2D eigenvalue weighted by atomic mass is 16.3. The molecular formula is C7H10N4O2. The predicted molar refractivity (Wildman–Crippen MR) is 44.2 cm³/mol. The van der Waals surface area contributed by atoms with Crippen molar-refractivity contribution in [2.75, 3.05) is 5.73 Å². The normalized spacial score (nSPS) is 14.9. The third-order valence-electron chi connectivity index (χ3n) is 1.64. The van der Waals surface area contributed by atoms with Crippen molar-refractivity contribution in [1.29, 1.82) is 5.26 Å². The smallest absolute Gasteiger partial charge is 0.170 e. The second-order valence-electron chi connectivity index (χ2n) is 2.66. The number of nitrogens with zero attached hydrogens (tertiary/aromatic N) is 3. The van der Waals surface area contributed by atoms with Gasteiger partial charge in [0.05, 0.1) is 6.07 Å². The summed E-state index contributed by atoms with van der Waals surface area (Å²) in [5.74, 6) is 0.115. The van der Waals surface area contributed by atoms with Gasteiger partial charge in [0, 0.05) is 18.8 Å². The monoisotopic (exact) mass is 182 g/mol. The molecule has 1 rings (SSSR count). The van der Waals surface area contributed by atoms with Crippen molar-refractivity contribution in [3.05, 3.63) is 11.8 Å². The van der Waals surface area contributed by atoms with Crippen LogP contribution in [0.15, 0.2) is 6.20 Å². The Morgan fingerprint density at radius 3 is 2.69 bits per heavy atom. The Morgan fingerprint density at radius 1 is 1.69 bits per heavy atom. The van der Waals surface area contributed by atoms with Crippen molar-refractivity contribution in [2.45, 2.75) is 12.2 Å².